The average molecular weight is 404 g/mol. The standard InChI is InChI=1S/C21H29N3O3S/c1-12(2)11-17(25)22-16-9-7-15(8-10-16)19-18(20(26)27-13(3)4)14(5)24(6)21(28)23-19/h7-10,12-13,19H,11H2,1-6H3,(H,22,25)(H,23,28). The molecule has 1 heterocycles. The molecule has 0 bridgehead atoms. The molecule has 0 aliphatic carbocycles. The van der Waals surface area contributed by atoms with E-state index in [-0.39, 0.29) is 18.0 Å². The number of hydrogen-bond donors (Lipinski definition) is 2. The maximum Gasteiger partial charge on any atom is 0.338 e. The highest BCUT2D eigenvalue weighted by molar-refractivity contribution is 7.80. The number of ether oxygens (including phenoxy) is 1. The van der Waals surface area contributed by atoms with Crippen LogP contribution >= 0.6 is 12.2 Å². The SMILES string of the molecule is CC1=C(C(=O)OC(C)C)C(c2ccc(NC(=O)CC(C)C)cc2)NC(=S)N1C. The lowest BCUT2D eigenvalue weighted by atomic mass is 9.95. The molecule has 0 radical (unpaired) electrons. The van der Waals surface area contributed by atoms with Gasteiger partial charge in [0, 0.05) is 24.9 Å². The number of amides is 1. The van der Waals surface area contributed by atoms with Gasteiger partial charge in [-0.2, -0.15) is 0 Å². The molecule has 6 nitrogen and oxygen atoms in total. The lowest BCUT2D eigenvalue weighted by Gasteiger charge is -2.35. The zero-order valence-corrected chi connectivity index (χ0v) is 18.1. The fourth-order valence-electron chi connectivity index (χ4n) is 2.97. The summed E-state index contributed by atoms with van der Waals surface area (Å²) < 4.78 is 5.44. The molecule has 28 heavy (non-hydrogen) atoms. The summed E-state index contributed by atoms with van der Waals surface area (Å²) >= 11 is 5.40. The van der Waals surface area contributed by atoms with Gasteiger partial charge in [0.05, 0.1) is 17.7 Å². The van der Waals surface area contributed by atoms with Crippen LogP contribution in [0.3, 0.4) is 0 Å². The van der Waals surface area contributed by atoms with Crippen LogP contribution in [0.4, 0.5) is 5.69 Å². The van der Waals surface area contributed by atoms with Gasteiger partial charge < -0.3 is 20.3 Å². The first-order valence-electron chi connectivity index (χ1n) is 9.46. The fourth-order valence-corrected chi connectivity index (χ4v) is 3.22. The van der Waals surface area contributed by atoms with E-state index in [1.54, 1.807) is 4.90 Å². The quantitative estimate of drug-likeness (QED) is 0.557. The number of nitrogens with zero attached hydrogens (tertiary/aromatic N) is 1. The summed E-state index contributed by atoms with van der Waals surface area (Å²) in [6.45, 7) is 9.51. The second-order valence-electron chi connectivity index (χ2n) is 7.66. The third kappa shape index (κ3) is 5.32. The molecule has 0 aromatic heterocycles. The molecule has 2 N–H and O–H groups in total. The molecule has 1 amide bonds. The van der Waals surface area contributed by atoms with E-state index in [0.29, 0.717) is 23.0 Å². The van der Waals surface area contributed by atoms with Crippen molar-refractivity contribution < 1.29 is 14.3 Å². The topological polar surface area (TPSA) is 70.7 Å². The number of benzene rings is 1. The summed E-state index contributed by atoms with van der Waals surface area (Å²) in [5.41, 5.74) is 2.87. The molecule has 1 aliphatic heterocycles. The van der Waals surface area contributed by atoms with E-state index < -0.39 is 6.04 Å². The van der Waals surface area contributed by atoms with Gasteiger partial charge in [-0.3, -0.25) is 4.79 Å². The highest BCUT2D eigenvalue weighted by atomic mass is 32.1. The molecule has 1 unspecified atom stereocenters. The number of nitrogens with one attached hydrogen (secondary N) is 2. The summed E-state index contributed by atoms with van der Waals surface area (Å²) in [6, 6.07) is 7.02. The highest BCUT2D eigenvalue weighted by Gasteiger charge is 2.33. The van der Waals surface area contributed by atoms with Crippen LogP contribution in [0, 0.1) is 5.92 Å². The predicted octanol–water partition coefficient (Wildman–Crippen LogP) is 3.76. The predicted molar refractivity (Wildman–Crippen MR) is 115 cm³/mol. The Labute approximate surface area is 172 Å². The third-order valence-corrected chi connectivity index (χ3v) is 4.83. The Morgan fingerprint density at radius 3 is 2.36 bits per heavy atom. The summed E-state index contributed by atoms with van der Waals surface area (Å²) in [5, 5.41) is 6.65. The molecule has 2 rings (SSSR count). The third-order valence-electron chi connectivity index (χ3n) is 4.44. The molecular formula is C21H29N3O3S. The second-order valence-corrected chi connectivity index (χ2v) is 8.05. The molecule has 7 heteroatoms. The molecule has 0 spiro atoms. The van der Waals surface area contributed by atoms with E-state index in [1.165, 1.54) is 0 Å². The van der Waals surface area contributed by atoms with Crippen LogP contribution in [0.15, 0.2) is 35.5 Å². The Bertz CT molecular complexity index is 785. The highest BCUT2D eigenvalue weighted by Crippen LogP contribution is 2.31. The van der Waals surface area contributed by atoms with E-state index in [2.05, 4.69) is 10.6 Å². The van der Waals surface area contributed by atoms with Crippen molar-refractivity contribution in [3.8, 4) is 0 Å². The van der Waals surface area contributed by atoms with Crippen molar-refractivity contribution in [2.24, 2.45) is 5.92 Å². The molecule has 1 aromatic carbocycles. The van der Waals surface area contributed by atoms with Crippen molar-refractivity contribution in [2.45, 2.75) is 53.2 Å². The van der Waals surface area contributed by atoms with Crippen LogP contribution in [0.25, 0.3) is 0 Å². The van der Waals surface area contributed by atoms with Crippen LogP contribution in [0.1, 0.15) is 52.6 Å². The van der Waals surface area contributed by atoms with Crippen molar-refractivity contribution in [1.82, 2.24) is 10.2 Å². The summed E-state index contributed by atoms with van der Waals surface area (Å²) in [6.07, 6.45) is 0.255. The molecule has 0 saturated carbocycles. The Morgan fingerprint density at radius 2 is 1.82 bits per heavy atom. The van der Waals surface area contributed by atoms with Gasteiger partial charge in [-0.25, -0.2) is 4.79 Å². The number of carbonyl (C=O) groups excluding carboxylic acids is 2. The minimum atomic E-state index is -0.407. The smallest absolute Gasteiger partial charge is 0.338 e. The van der Waals surface area contributed by atoms with Gasteiger partial charge in [0.2, 0.25) is 5.91 Å². The minimum Gasteiger partial charge on any atom is -0.459 e. The second kappa shape index (κ2) is 9.19. The van der Waals surface area contributed by atoms with Crippen LogP contribution in [0.5, 0.6) is 0 Å². The summed E-state index contributed by atoms with van der Waals surface area (Å²) in [4.78, 5) is 26.5. The number of esters is 1. The number of carbonyl (C=O) groups is 2. The minimum absolute atomic E-state index is 0.0155. The number of rotatable bonds is 6. The molecule has 0 fully saturated rings. The summed E-state index contributed by atoms with van der Waals surface area (Å²) in [7, 11) is 1.82. The van der Waals surface area contributed by atoms with Gasteiger partial charge >= 0.3 is 5.97 Å². The lowest BCUT2D eigenvalue weighted by Crippen LogP contribution is -2.46. The maximum atomic E-state index is 12.7. The van der Waals surface area contributed by atoms with Gasteiger partial charge in [0.15, 0.2) is 5.11 Å². The molecule has 1 aliphatic rings. The van der Waals surface area contributed by atoms with Crippen LogP contribution in [-0.2, 0) is 14.3 Å². The normalized spacial score (nSPS) is 17.1. The molecular weight excluding hydrogens is 374 g/mol. The van der Waals surface area contributed by atoms with Gasteiger partial charge in [0.1, 0.15) is 0 Å². The van der Waals surface area contributed by atoms with E-state index in [0.717, 1.165) is 16.9 Å². The Balaban J connectivity index is 2.29. The van der Waals surface area contributed by atoms with E-state index in [4.69, 9.17) is 17.0 Å². The van der Waals surface area contributed by atoms with Gasteiger partial charge in [-0.1, -0.05) is 26.0 Å². The van der Waals surface area contributed by atoms with Gasteiger partial charge in [0.25, 0.3) is 0 Å². The zero-order chi connectivity index (χ0) is 21.0. The molecule has 1 aromatic rings. The average Bonchev–Trinajstić information content (AvgIpc) is 2.58. The van der Waals surface area contributed by atoms with Crippen molar-refractivity contribution in [3.63, 3.8) is 0 Å². The largest absolute Gasteiger partial charge is 0.459 e. The molecule has 0 saturated heterocycles. The number of allylic oxidation sites excluding steroid dienone is 1. The Kier molecular flexibility index (Phi) is 7.18. The lowest BCUT2D eigenvalue weighted by molar-refractivity contribution is -0.143. The number of hydrogen-bond acceptors (Lipinski definition) is 4. The van der Waals surface area contributed by atoms with Crippen LogP contribution in [-0.4, -0.2) is 35.0 Å². The van der Waals surface area contributed by atoms with E-state index in [9.17, 15) is 9.59 Å². The number of anilines is 1. The Hall–Kier alpha value is -2.41. The fraction of sp³-hybridized carbons (Fsp3) is 0.476. The Morgan fingerprint density at radius 1 is 1.21 bits per heavy atom. The zero-order valence-electron chi connectivity index (χ0n) is 17.3. The van der Waals surface area contributed by atoms with Crippen molar-refractivity contribution >= 4 is 34.9 Å². The van der Waals surface area contributed by atoms with E-state index >= 15 is 0 Å². The first kappa shape index (κ1) is 21.9. The summed E-state index contributed by atoms with van der Waals surface area (Å²) in [5.74, 6) is -0.0849. The van der Waals surface area contributed by atoms with Crippen molar-refractivity contribution in [1.29, 1.82) is 0 Å². The van der Waals surface area contributed by atoms with Crippen LogP contribution < -0.4 is 10.6 Å². The molecule has 152 valence electrons. The first-order valence-corrected chi connectivity index (χ1v) is 9.86. The monoisotopic (exact) mass is 403 g/mol. The van der Waals surface area contributed by atoms with Gasteiger partial charge in [-0.05, 0) is 56.6 Å². The van der Waals surface area contributed by atoms with Crippen LogP contribution in [0.2, 0.25) is 0 Å². The number of thiocarbonyl (C=S) groups is 1. The van der Waals surface area contributed by atoms with Gasteiger partial charge in [-0.15, -0.1) is 0 Å². The molecule has 1 atom stereocenters. The maximum absolute atomic E-state index is 12.7. The first-order chi connectivity index (χ1) is 13.1. The van der Waals surface area contributed by atoms with E-state index in [1.807, 2.05) is 65.9 Å². The van der Waals surface area contributed by atoms with Crippen molar-refractivity contribution in [3.05, 3.63) is 41.1 Å². The van der Waals surface area contributed by atoms with Crippen molar-refractivity contribution in [2.75, 3.05) is 12.4 Å².